The highest BCUT2D eigenvalue weighted by atomic mass is 32.2. The van der Waals surface area contributed by atoms with Crippen molar-refractivity contribution in [3.63, 3.8) is 0 Å². The van der Waals surface area contributed by atoms with Gasteiger partial charge in [0.25, 0.3) is 17.4 Å². The zero-order valence-electron chi connectivity index (χ0n) is 20.6. The molecule has 2 aliphatic heterocycles. The first kappa shape index (κ1) is 27.4. The van der Waals surface area contributed by atoms with Crippen molar-refractivity contribution in [2.45, 2.75) is 17.4 Å². The average molecular weight is 546 g/mol. The normalized spacial score (nSPS) is 20.1. The summed E-state index contributed by atoms with van der Waals surface area (Å²) in [5.41, 5.74) is -0.0699. The van der Waals surface area contributed by atoms with E-state index in [-0.39, 0.29) is 46.9 Å². The summed E-state index contributed by atoms with van der Waals surface area (Å²) in [6.07, 6.45) is 0.392. The lowest BCUT2D eigenvalue weighted by atomic mass is 9.95. The molecule has 2 aromatic rings. The quantitative estimate of drug-likeness (QED) is 0.124. The van der Waals surface area contributed by atoms with E-state index in [1.165, 1.54) is 64.8 Å². The first-order valence-electron chi connectivity index (χ1n) is 11.9. The molecule has 0 radical (unpaired) electrons. The van der Waals surface area contributed by atoms with Crippen molar-refractivity contribution >= 4 is 33.2 Å². The van der Waals surface area contributed by atoms with E-state index in [0.29, 0.717) is 26.2 Å². The molecular weight excluding hydrogens is 518 g/mol. The number of carbonyl (C=O) groups excluding carboxylic acids is 2. The van der Waals surface area contributed by atoms with Gasteiger partial charge in [0.2, 0.25) is 10.0 Å². The fraction of sp³-hybridized carbons (Fsp3) is 0.360. The summed E-state index contributed by atoms with van der Waals surface area (Å²) in [6.45, 7) is 1.45. The molecule has 2 saturated heterocycles. The Morgan fingerprint density at radius 1 is 1.16 bits per heavy atom. The number of sulfonamides is 1. The molecular formula is C25H27N3O9S. The third kappa shape index (κ3) is 5.31. The van der Waals surface area contributed by atoms with E-state index in [9.17, 15) is 33.2 Å². The molecule has 38 heavy (non-hydrogen) atoms. The van der Waals surface area contributed by atoms with Gasteiger partial charge in [0.1, 0.15) is 5.76 Å². The third-order valence-corrected chi connectivity index (χ3v) is 8.33. The van der Waals surface area contributed by atoms with Crippen molar-refractivity contribution in [3.8, 4) is 0 Å². The topological polar surface area (TPSA) is 157 Å². The molecule has 0 aromatic heterocycles. The Bertz CT molecular complexity index is 1370. The molecule has 202 valence electrons. The Morgan fingerprint density at radius 2 is 1.84 bits per heavy atom. The van der Waals surface area contributed by atoms with Gasteiger partial charge in [-0.25, -0.2) is 8.42 Å². The number of likely N-dealkylation sites (tertiary alicyclic amines) is 1. The second-order valence-electron chi connectivity index (χ2n) is 8.73. The van der Waals surface area contributed by atoms with Crippen LogP contribution in [0.25, 0.3) is 5.76 Å². The molecule has 4 rings (SSSR count). The Kier molecular flexibility index (Phi) is 8.21. The first-order valence-corrected chi connectivity index (χ1v) is 13.3. The number of carbonyl (C=O) groups is 2. The SMILES string of the molecule is COCCCN1C(=O)C(=O)C(=C(O)c2ccc(S(=O)(=O)N3CCOCC3)cc2)[C@@H]1c1cccc([N+](=O)[O-])c1. The number of morpholine rings is 1. The van der Waals surface area contributed by atoms with Crippen molar-refractivity contribution < 1.29 is 37.5 Å². The van der Waals surface area contributed by atoms with Crippen molar-refractivity contribution in [3.05, 3.63) is 75.3 Å². The van der Waals surface area contributed by atoms with Gasteiger partial charge >= 0.3 is 0 Å². The van der Waals surface area contributed by atoms with Crippen molar-refractivity contribution in [1.29, 1.82) is 0 Å². The molecule has 0 unspecified atom stereocenters. The van der Waals surface area contributed by atoms with Crippen LogP contribution in [0.3, 0.4) is 0 Å². The van der Waals surface area contributed by atoms with Crippen molar-refractivity contribution in [2.24, 2.45) is 0 Å². The number of non-ortho nitro benzene ring substituents is 1. The number of nitro benzene ring substituents is 1. The molecule has 2 aromatic carbocycles. The zero-order valence-corrected chi connectivity index (χ0v) is 21.4. The highest BCUT2D eigenvalue weighted by molar-refractivity contribution is 7.89. The highest BCUT2D eigenvalue weighted by Crippen LogP contribution is 2.40. The molecule has 12 nitrogen and oxygen atoms in total. The van der Waals surface area contributed by atoms with Crippen LogP contribution in [0.2, 0.25) is 0 Å². The number of benzene rings is 2. The number of rotatable bonds is 9. The number of ketones is 1. The molecule has 13 heteroatoms. The smallest absolute Gasteiger partial charge is 0.295 e. The highest BCUT2D eigenvalue weighted by Gasteiger charge is 2.46. The molecule has 1 amide bonds. The molecule has 0 spiro atoms. The van der Waals surface area contributed by atoms with Gasteiger partial charge in [0, 0.05) is 51.0 Å². The molecule has 1 atom stereocenters. The van der Waals surface area contributed by atoms with E-state index in [2.05, 4.69) is 0 Å². The van der Waals surface area contributed by atoms with Crippen LogP contribution in [0.1, 0.15) is 23.6 Å². The van der Waals surface area contributed by atoms with Crippen LogP contribution in [0.4, 0.5) is 5.69 Å². The number of aliphatic hydroxyl groups is 1. The van der Waals surface area contributed by atoms with Crippen LogP contribution in [0.5, 0.6) is 0 Å². The standard InChI is InChI=1S/C25H27N3O9S/c1-36-13-3-10-27-22(18-4-2-5-19(16-18)28(32)33)21(24(30)25(27)31)23(29)17-6-8-20(9-7-17)38(34,35)26-11-14-37-15-12-26/h2,4-9,16,22,29H,3,10-15H2,1H3/t22-/m0/s1. The molecule has 2 fully saturated rings. The fourth-order valence-electron chi connectivity index (χ4n) is 4.52. The van der Waals surface area contributed by atoms with Crippen LogP contribution in [0.15, 0.2) is 59.0 Å². The second-order valence-corrected chi connectivity index (χ2v) is 10.7. The predicted octanol–water partition coefficient (Wildman–Crippen LogP) is 2.07. The minimum atomic E-state index is -3.78. The van der Waals surface area contributed by atoms with Crippen LogP contribution in [-0.4, -0.2) is 85.9 Å². The number of Topliss-reactive ketones (excluding diaryl/α,β-unsaturated/α-hetero) is 1. The molecule has 2 aliphatic rings. The number of nitrogens with zero attached hydrogens (tertiary/aromatic N) is 3. The van der Waals surface area contributed by atoms with Crippen molar-refractivity contribution in [1.82, 2.24) is 9.21 Å². The molecule has 0 bridgehead atoms. The Balaban J connectivity index is 1.75. The lowest BCUT2D eigenvalue weighted by Gasteiger charge is -2.26. The number of aliphatic hydroxyl groups excluding tert-OH is 1. The van der Waals surface area contributed by atoms with E-state index in [1.807, 2.05) is 0 Å². The van der Waals surface area contributed by atoms with Gasteiger partial charge in [-0.15, -0.1) is 0 Å². The summed E-state index contributed by atoms with van der Waals surface area (Å²) in [5, 5.41) is 22.6. The first-order chi connectivity index (χ1) is 18.2. The van der Waals surface area contributed by atoms with E-state index in [4.69, 9.17) is 9.47 Å². The van der Waals surface area contributed by atoms with Crippen LogP contribution < -0.4 is 0 Å². The van der Waals surface area contributed by atoms with Gasteiger partial charge in [-0.05, 0) is 36.2 Å². The third-order valence-electron chi connectivity index (χ3n) is 6.42. The summed E-state index contributed by atoms with van der Waals surface area (Å²) < 4.78 is 37.4. The van der Waals surface area contributed by atoms with Gasteiger partial charge < -0.3 is 19.5 Å². The summed E-state index contributed by atoms with van der Waals surface area (Å²) >= 11 is 0. The number of amides is 1. The summed E-state index contributed by atoms with van der Waals surface area (Å²) in [6, 6.07) is 9.78. The maximum absolute atomic E-state index is 13.1. The van der Waals surface area contributed by atoms with E-state index in [0.717, 1.165) is 0 Å². The predicted molar refractivity (Wildman–Crippen MR) is 135 cm³/mol. The Morgan fingerprint density at radius 3 is 2.47 bits per heavy atom. The average Bonchev–Trinajstić information content (AvgIpc) is 3.18. The van der Waals surface area contributed by atoms with E-state index >= 15 is 0 Å². The second kappa shape index (κ2) is 11.4. The van der Waals surface area contributed by atoms with Gasteiger partial charge in [0.15, 0.2) is 0 Å². The maximum atomic E-state index is 13.1. The fourth-order valence-corrected chi connectivity index (χ4v) is 5.93. The zero-order chi connectivity index (χ0) is 27.4. The Hall–Kier alpha value is -3.65. The molecule has 1 N–H and O–H groups in total. The van der Waals surface area contributed by atoms with Gasteiger partial charge in [-0.1, -0.05) is 12.1 Å². The van der Waals surface area contributed by atoms with Gasteiger partial charge in [0.05, 0.1) is 34.6 Å². The maximum Gasteiger partial charge on any atom is 0.295 e. The number of hydrogen-bond acceptors (Lipinski definition) is 9. The summed E-state index contributed by atoms with van der Waals surface area (Å²) in [4.78, 5) is 38.1. The van der Waals surface area contributed by atoms with Crippen LogP contribution in [0, 0.1) is 10.1 Å². The summed E-state index contributed by atoms with van der Waals surface area (Å²) in [7, 11) is -2.29. The van der Waals surface area contributed by atoms with E-state index < -0.39 is 38.4 Å². The van der Waals surface area contributed by atoms with Crippen molar-refractivity contribution in [2.75, 3.05) is 46.6 Å². The number of nitro groups is 1. The number of hydrogen-bond donors (Lipinski definition) is 1. The Labute approximate surface area is 219 Å². The van der Waals surface area contributed by atoms with Crippen LogP contribution in [-0.2, 0) is 29.1 Å². The number of ether oxygens (including phenoxy) is 2. The summed E-state index contributed by atoms with van der Waals surface area (Å²) in [5.74, 6) is -2.31. The minimum absolute atomic E-state index is 0.00574. The molecule has 2 heterocycles. The lowest BCUT2D eigenvalue weighted by Crippen LogP contribution is -2.40. The van der Waals surface area contributed by atoms with E-state index in [1.54, 1.807) is 0 Å². The molecule has 0 aliphatic carbocycles. The molecule has 0 saturated carbocycles. The monoisotopic (exact) mass is 545 g/mol. The van der Waals surface area contributed by atoms with Gasteiger partial charge in [-0.2, -0.15) is 4.31 Å². The van der Waals surface area contributed by atoms with Crippen LogP contribution >= 0.6 is 0 Å². The number of methoxy groups -OCH3 is 1. The van der Waals surface area contributed by atoms with Gasteiger partial charge in [-0.3, -0.25) is 19.7 Å². The largest absolute Gasteiger partial charge is 0.507 e. The lowest BCUT2D eigenvalue weighted by molar-refractivity contribution is -0.384. The minimum Gasteiger partial charge on any atom is -0.507 e.